The third-order valence-electron chi connectivity index (χ3n) is 3.84. The lowest BCUT2D eigenvalue weighted by Crippen LogP contribution is -2.32. The van der Waals surface area contributed by atoms with Crippen molar-refractivity contribution in [1.82, 2.24) is 15.5 Å². The highest BCUT2D eigenvalue weighted by molar-refractivity contribution is 6.32. The molecule has 1 aromatic carbocycles. The van der Waals surface area contributed by atoms with E-state index in [2.05, 4.69) is 20.8 Å². The molecule has 1 aliphatic heterocycles. The molecular weight excluding hydrogens is 344 g/mol. The maximum absolute atomic E-state index is 12.1. The Labute approximate surface area is 150 Å². The molecule has 1 aliphatic rings. The Morgan fingerprint density at radius 2 is 2.24 bits per heavy atom. The van der Waals surface area contributed by atoms with Crippen LogP contribution in [-0.4, -0.2) is 42.5 Å². The van der Waals surface area contributed by atoms with Gasteiger partial charge >= 0.3 is 0 Å². The second kappa shape index (κ2) is 8.13. The van der Waals surface area contributed by atoms with E-state index in [0.717, 1.165) is 25.1 Å². The summed E-state index contributed by atoms with van der Waals surface area (Å²) in [6.45, 7) is 1.25. The quantitative estimate of drug-likeness (QED) is 0.821. The normalized spacial score (nSPS) is 16.5. The molecule has 2 N–H and O–H groups in total. The van der Waals surface area contributed by atoms with Gasteiger partial charge in [0.25, 0.3) is 5.91 Å². The SMILES string of the molecule is COc1ccc(Nc2ccc(C(=O)NCC3CCCO3)nn2)cc1Cl. The summed E-state index contributed by atoms with van der Waals surface area (Å²) in [6.07, 6.45) is 2.10. The van der Waals surface area contributed by atoms with E-state index in [0.29, 0.717) is 23.1 Å². The number of anilines is 2. The van der Waals surface area contributed by atoms with Gasteiger partial charge in [0.15, 0.2) is 11.5 Å². The zero-order chi connectivity index (χ0) is 17.6. The van der Waals surface area contributed by atoms with E-state index in [1.165, 1.54) is 0 Å². The molecule has 2 heterocycles. The molecule has 1 fully saturated rings. The van der Waals surface area contributed by atoms with Crippen LogP contribution in [0.5, 0.6) is 5.75 Å². The van der Waals surface area contributed by atoms with E-state index in [9.17, 15) is 4.79 Å². The van der Waals surface area contributed by atoms with Gasteiger partial charge in [0.1, 0.15) is 5.75 Å². The van der Waals surface area contributed by atoms with Crippen molar-refractivity contribution in [3.63, 3.8) is 0 Å². The Morgan fingerprint density at radius 3 is 2.88 bits per heavy atom. The number of methoxy groups -OCH3 is 1. The lowest BCUT2D eigenvalue weighted by molar-refractivity contribution is 0.0853. The number of nitrogens with one attached hydrogen (secondary N) is 2. The molecule has 8 heteroatoms. The van der Waals surface area contributed by atoms with Crippen LogP contribution >= 0.6 is 11.6 Å². The maximum Gasteiger partial charge on any atom is 0.271 e. The fourth-order valence-corrected chi connectivity index (χ4v) is 2.77. The molecule has 132 valence electrons. The summed E-state index contributed by atoms with van der Waals surface area (Å²) in [7, 11) is 1.56. The highest BCUT2D eigenvalue weighted by Crippen LogP contribution is 2.28. The third kappa shape index (κ3) is 4.58. The van der Waals surface area contributed by atoms with E-state index in [1.807, 2.05) is 6.07 Å². The van der Waals surface area contributed by atoms with Gasteiger partial charge in [0.2, 0.25) is 0 Å². The molecule has 1 aromatic heterocycles. The molecule has 25 heavy (non-hydrogen) atoms. The largest absolute Gasteiger partial charge is 0.495 e. The summed E-state index contributed by atoms with van der Waals surface area (Å²) >= 11 is 6.09. The molecule has 0 radical (unpaired) electrons. The number of carbonyl (C=O) groups excluding carboxylic acids is 1. The lowest BCUT2D eigenvalue weighted by atomic mass is 10.2. The predicted octanol–water partition coefficient (Wildman–Crippen LogP) is 2.79. The zero-order valence-corrected chi connectivity index (χ0v) is 14.5. The minimum Gasteiger partial charge on any atom is -0.495 e. The molecule has 1 unspecified atom stereocenters. The van der Waals surface area contributed by atoms with Crippen LogP contribution in [0.4, 0.5) is 11.5 Å². The number of hydrogen-bond acceptors (Lipinski definition) is 6. The first-order valence-electron chi connectivity index (χ1n) is 8.00. The average molecular weight is 363 g/mol. The highest BCUT2D eigenvalue weighted by Gasteiger charge is 2.17. The van der Waals surface area contributed by atoms with Crippen LogP contribution in [0.1, 0.15) is 23.3 Å². The van der Waals surface area contributed by atoms with Crippen LogP contribution in [0.2, 0.25) is 5.02 Å². The first kappa shape index (κ1) is 17.4. The Balaban J connectivity index is 1.57. The summed E-state index contributed by atoms with van der Waals surface area (Å²) in [5.41, 5.74) is 1.01. The number of rotatable bonds is 6. The Hall–Kier alpha value is -2.38. The van der Waals surface area contributed by atoms with Gasteiger partial charge in [-0.05, 0) is 43.2 Å². The van der Waals surface area contributed by atoms with Crippen molar-refractivity contribution >= 4 is 29.0 Å². The van der Waals surface area contributed by atoms with Gasteiger partial charge in [-0.2, -0.15) is 0 Å². The highest BCUT2D eigenvalue weighted by atomic mass is 35.5. The van der Waals surface area contributed by atoms with Crippen LogP contribution in [-0.2, 0) is 4.74 Å². The van der Waals surface area contributed by atoms with Gasteiger partial charge < -0.3 is 20.1 Å². The number of amides is 1. The molecule has 0 saturated carbocycles. The molecule has 0 aliphatic carbocycles. The fourth-order valence-electron chi connectivity index (χ4n) is 2.51. The first-order chi connectivity index (χ1) is 12.2. The molecule has 2 aromatic rings. The number of nitrogens with zero attached hydrogens (tertiary/aromatic N) is 2. The second-order valence-corrected chi connectivity index (χ2v) is 6.03. The Bertz CT molecular complexity index is 733. The number of ether oxygens (including phenoxy) is 2. The van der Waals surface area contributed by atoms with Crippen molar-refractivity contribution in [3.05, 3.63) is 41.0 Å². The molecule has 1 amide bonds. The van der Waals surface area contributed by atoms with Gasteiger partial charge in [0.05, 0.1) is 18.2 Å². The predicted molar refractivity (Wildman–Crippen MR) is 94.6 cm³/mol. The number of halogens is 1. The molecular formula is C17H19ClN4O3. The monoisotopic (exact) mass is 362 g/mol. The number of benzene rings is 1. The third-order valence-corrected chi connectivity index (χ3v) is 4.13. The number of aromatic nitrogens is 2. The van der Waals surface area contributed by atoms with Crippen molar-refractivity contribution in [2.75, 3.05) is 25.6 Å². The fraction of sp³-hybridized carbons (Fsp3) is 0.353. The molecule has 1 atom stereocenters. The van der Waals surface area contributed by atoms with Crippen molar-refractivity contribution in [2.24, 2.45) is 0 Å². The van der Waals surface area contributed by atoms with E-state index >= 15 is 0 Å². The van der Waals surface area contributed by atoms with Crippen LogP contribution in [0, 0.1) is 0 Å². The van der Waals surface area contributed by atoms with E-state index in [-0.39, 0.29) is 17.7 Å². The van der Waals surface area contributed by atoms with Crippen LogP contribution in [0.15, 0.2) is 30.3 Å². The average Bonchev–Trinajstić information content (AvgIpc) is 3.14. The number of hydrogen-bond donors (Lipinski definition) is 2. The summed E-state index contributed by atoms with van der Waals surface area (Å²) in [6, 6.07) is 8.60. The van der Waals surface area contributed by atoms with Crippen LogP contribution in [0.3, 0.4) is 0 Å². The van der Waals surface area contributed by atoms with Crippen molar-refractivity contribution in [3.8, 4) is 5.75 Å². The summed E-state index contributed by atoms with van der Waals surface area (Å²) in [5.74, 6) is 0.843. The van der Waals surface area contributed by atoms with Gasteiger partial charge in [-0.3, -0.25) is 4.79 Å². The zero-order valence-electron chi connectivity index (χ0n) is 13.8. The van der Waals surface area contributed by atoms with Crippen LogP contribution in [0.25, 0.3) is 0 Å². The molecule has 3 rings (SSSR count). The Kier molecular flexibility index (Phi) is 5.67. The van der Waals surface area contributed by atoms with Crippen molar-refractivity contribution in [1.29, 1.82) is 0 Å². The smallest absolute Gasteiger partial charge is 0.271 e. The minimum atomic E-state index is -0.262. The van der Waals surface area contributed by atoms with E-state index in [1.54, 1.807) is 31.4 Å². The molecule has 0 spiro atoms. The number of carbonyl (C=O) groups is 1. The molecule has 1 saturated heterocycles. The standard InChI is InChI=1S/C17H19ClN4O3/c1-24-15-6-4-11(9-13(15)18)20-16-7-5-14(21-22-16)17(23)19-10-12-3-2-8-25-12/h4-7,9,12H,2-3,8,10H2,1H3,(H,19,23)(H,20,22). The molecule has 0 bridgehead atoms. The van der Waals surface area contributed by atoms with Crippen LogP contribution < -0.4 is 15.4 Å². The van der Waals surface area contributed by atoms with Gasteiger partial charge in [0, 0.05) is 18.8 Å². The maximum atomic E-state index is 12.1. The van der Waals surface area contributed by atoms with E-state index < -0.39 is 0 Å². The van der Waals surface area contributed by atoms with Crippen molar-refractivity contribution in [2.45, 2.75) is 18.9 Å². The topological polar surface area (TPSA) is 85.4 Å². The van der Waals surface area contributed by atoms with Crippen molar-refractivity contribution < 1.29 is 14.3 Å². The molecule has 7 nitrogen and oxygen atoms in total. The first-order valence-corrected chi connectivity index (χ1v) is 8.37. The lowest BCUT2D eigenvalue weighted by Gasteiger charge is -2.10. The van der Waals surface area contributed by atoms with Gasteiger partial charge in [-0.25, -0.2) is 0 Å². The minimum absolute atomic E-state index is 0.0951. The Morgan fingerprint density at radius 1 is 1.36 bits per heavy atom. The van der Waals surface area contributed by atoms with E-state index in [4.69, 9.17) is 21.1 Å². The summed E-state index contributed by atoms with van der Waals surface area (Å²) < 4.78 is 10.6. The van der Waals surface area contributed by atoms with Gasteiger partial charge in [-0.1, -0.05) is 11.6 Å². The second-order valence-electron chi connectivity index (χ2n) is 5.62. The van der Waals surface area contributed by atoms with Gasteiger partial charge in [-0.15, -0.1) is 10.2 Å². The summed E-state index contributed by atoms with van der Waals surface area (Å²) in [5, 5.41) is 14.3. The summed E-state index contributed by atoms with van der Waals surface area (Å²) in [4.78, 5) is 12.1.